The number of carboxylic acids is 1. The summed E-state index contributed by atoms with van der Waals surface area (Å²) < 4.78 is 0. The molecule has 0 radical (unpaired) electrons. The molecule has 56 heavy (non-hydrogen) atoms. The molecule has 0 spiro atoms. The Balaban J connectivity index is 1.82. The predicted octanol–water partition coefficient (Wildman–Crippen LogP) is -5.27. The van der Waals surface area contributed by atoms with Crippen LogP contribution in [-0.2, 0) is 40.0 Å². The van der Waals surface area contributed by atoms with Crippen molar-refractivity contribution in [1.82, 2.24) is 31.1 Å². The Kier molecular flexibility index (Phi) is 17.4. The molecule has 0 unspecified atom stereocenters. The van der Waals surface area contributed by atoms with Crippen molar-refractivity contribution in [2.45, 2.75) is 106 Å². The third kappa shape index (κ3) is 12.3. The molecule has 1 aromatic carbocycles. The minimum atomic E-state index is -1.73. The summed E-state index contributed by atoms with van der Waals surface area (Å²) in [7, 11) is 0. The van der Waals surface area contributed by atoms with Gasteiger partial charge in [0.25, 0.3) is 0 Å². The Morgan fingerprint density at radius 3 is 2.05 bits per heavy atom. The standard InChI is InChI=1S/C35H54N8O13/c1-18(46)28(35(55)56)41-32(52)27-14-21(48)15-43(27)34(54)24(13-19-7-9-20(47)10-8-19)39-30(50)25(17-45)40-31(51)26-6-4-12-42(26)33(53)23(5-2-3-11-36)38-29(49)22(37)16-44/h7-10,18,21-28,44-48H,2-6,11-17,36-37H2,1H3,(H,38,49)(H,39,50)(H,40,51)(H,41,52)(H,55,56)/t18-,21-,22+,23+,24+,25+,26+,27+,28+/m1/s1. The van der Waals surface area contributed by atoms with E-state index < -0.39 is 109 Å². The van der Waals surface area contributed by atoms with Crippen LogP contribution in [0.25, 0.3) is 0 Å². The summed E-state index contributed by atoms with van der Waals surface area (Å²) in [5, 5.41) is 68.6. The summed E-state index contributed by atoms with van der Waals surface area (Å²) in [6.07, 6.45) is -1.51. The van der Waals surface area contributed by atoms with E-state index in [-0.39, 0.29) is 44.5 Å². The fourth-order valence-electron chi connectivity index (χ4n) is 6.56. The topological polar surface area (TPSA) is 348 Å². The van der Waals surface area contributed by atoms with Crippen LogP contribution in [0.1, 0.15) is 51.0 Å². The number of aliphatic carboxylic acids is 1. The van der Waals surface area contributed by atoms with Gasteiger partial charge in [-0.25, -0.2) is 4.79 Å². The van der Waals surface area contributed by atoms with Gasteiger partial charge < -0.3 is 73.2 Å². The van der Waals surface area contributed by atoms with E-state index in [4.69, 9.17) is 11.5 Å². The lowest BCUT2D eigenvalue weighted by atomic mass is 10.0. The van der Waals surface area contributed by atoms with Crippen molar-refractivity contribution in [3.05, 3.63) is 29.8 Å². The molecule has 2 aliphatic rings. The third-order valence-electron chi connectivity index (χ3n) is 9.65. The number of carbonyl (C=O) groups excluding carboxylic acids is 6. The van der Waals surface area contributed by atoms with E-state index in [1.807, 2.05) is 0 Å². The van der Waals surface area contributed by atoms with E-state index in [1.165, 1.54) is 29.2 Å². The first-order valence-electron chi connectivity index (χ1n) is 18.4. The third-order valence-corrected chi connectivity index (χ3v) is 9.65. The predicted molar refractivity (Wildman–Crippen MR) is 195 cm³/mol. The average Bonchev–Trinajstić information content (AvgIpc) is 3.82. The zero-order chi connectivity index (χ0) is 41.7. The summed E-state index contributed by atoms with van der Waals surface area (Å²) in [5.41, 5.74) is 11.6. The number of rotatable bonds is 20. The van der Waals surface area contributed by atoms with Crippen LogP contribution < -0.4 is 32.7 Å². The number of hydrogen-bond donors (Lipinski definition) is 12. The van der Waals surface area contributed by atoms with Gasteiger partial charge in [-0.1, -0.05) is 12.1 Å². The molecule has 0 bridgehead atoms. The molecule has 14 N–H and O–H groups in total. The molecule has 2 aliphatic heterocycles. The summed E-state index contributed by atoms with van der Waals surface area (Å²) in [6, 6.07) is -4.17. The number of nitrogens with two attached hydrogens (primary N) is 2. The first-order valence-corrected chi connectivity index (χ1v) is 18.4. The Bertz CT molecular complexity index is 1550. The molecule has 0 saturated carbocycles. The maximum atomic E-state index is 14.1. The van der Waals surface area contributed by atoms with E-state index in [0.29, 0.717) is 31.4 Å². The number of aliphatic hydroxyl groups is 4. The molecule has 0 aliphatic carbocycles. The molecule has 0 aromatic heterocycles. The van der Waals surface area contributed by atoms with Crippen molar-refractivity contribution in [2.24, 2.45) is 11.5 Å². The van der Waals surface area contributed by atoms with Crippen LogP contribution in [0, 0.1) is 0 Å². The number of nitrogens with one attached hydrogen (secondary N) is 4. The molecule has 2 fully saturated rings. The van der Waals surface area contributed by atoms with Crippen molar-refractivity contribution >= 4 is 41.4 Å². The first-order chi connectivity index (χ1) is 26.5. The number of phenolic OH excluding ortho intramolecular Hbond substituents is 1. The second kappa shape index (κ2) is 21.4. The number of nitrogens with zero attached hydrogens (tertiary/aromatic N) is 2. The Morgan fingerprint density at radius 2 is 1.46 bits per heavy atom. The van der Waals surface area contributed by atoms with Gasteiger partial charge in [-0.3, -0.25) is 28.8 Å². The van der Waals surface area contributed by atoms with Gasteiger partial charge >= 0.3 is 5.97 Å². The highest BCUT2D eigenvalue weighted by molar-refractivity contribution is 5.97. The lowest BCUT2D eigenvalue weighted by Gasteiger charge is -2.31. The number of aromatic hydroxyl groups is 1. The van der Waals surface area contributed by atoms with Gasteiger partial charge in [0.05, 0.1) is 25.4 Å². The van der Waals surface area contributed by atoms with Crippen molar-refractivity contribution < 1.29 is 64.2 Å². The number of likely N-dealkylation sites (tertiary alicyclic amines) is 2. The molecular formula is C35H54N8O13. The minimum Gasteiger partial charge on any atom is -0.508 e. The number of aliphatic hydroxyl groups excluding tert-OH is 4. The fraction of sp³-hybridized carbons (Fsp3) is 0.629. The van der Waals surface area contributed by atoms with E-state index in [0.717, 1.165) is 11.8 Å². The lowest BCUT2D eigenvalue weighted by Crippen LogP contribution is -2.60. The van der Waals surface area contributed by atoms with Crippen LogP contribution >= 0.6 is 0 Å². The summed E-state index contributed by atoms with van der Waals surface area (Å²) in [4.78, 5) is 94.5. The van der Waals surface area contributed by atoms with E-state index in [2.05, 4.69) is 21.3 Å². The highest BCUT2D eigenvalue weighted by atomic mass is 16.4. The van der Waals surface area contributed by atoms with Crippen LogP contribution in [0.3, 0.4) is 0 Å². The molecule has 312 valence electrons. The van der Waals surface area contributed by atoms with Gasteiger partial charge in [0, 0.05) is 25.9 Å². The van der Waals surface area contributed by atoms with Gasteiger partial charge in [-0.2, -0.15) is 0 Å². The Morgan fingerprint density at radius 1 is 0.839 bits per heavy atom. The van der Waals surface area contributed by atoms with Crippen molar-refractivity contribution in [1.29, 1.82) is 0 Å². The number of carbonyl (C=O) groups is 7. The number of benzene rings is 1. The number of unbranched alkanes of at least 4 members (excludes halogenated alkanes) is 1. The molecule has 3 rings (SSSR count). The van der Waals surface area contributed by atoms with Crippen molar-refractivity contribution in [2.75, 3.05) is 32.8 Å². The normalized spacial score (nSPS) is 21.2. The van der Waals surface area contributed by atoms with E-state index in [1.54, 1.807) is 0 Å². The van der Waals surface area contributed by atoms with Crippen LogP contribution in [0.4, 0.5) is 0 Å². The molecule has 1 aromatic rings. The van der Waals surface area contributed by atoms with Gasteiger partial charge in [0.1, 0.15) is 42.0 Å². The molecule has 6 amide bonds. The van der Waals surface area contributed by atoms with Gasteiger partial charge in [-0.05, 0) is 63.3 Å². The summed E-state index contributed by atoms with van der Waals surface area (Å²) >= 11 is 0. The average molecular weight is 795 g/mol. The first kappa shape index (κ1) is 45.5. The zero-order valence-electron chi connectivity index (χ0n) is 31.1. The molecule has 9 atom stereocenters. The van der Waals surface area contributed by atoms with Crippen molar-refractivity contribution in [3.63, 3.8) is 0 Å². The monoisotopic (exact) mass is 794 g/mol. The van der Waals surface area contributed by atoms with Crippen LogP contribution in [-0.4, -0.2) is 169 Å². The quantitative estimate of drug-likeness (QED) is 0.0549. The molecular weight excluding hydrogens is 740 g/mol. The van der Waals surface area contributed by atoms with Crippen LogP contribution in [0.5, 0.6) is 5.75 Å². The van der Waals surface area contributed by atoms with Crippen LogP contribution in [0.15, 0.2) is 24.3 Å². The maximum absolute atomic E-state index is 14.1. The van der Waals surface area contributed by atoms with Crippen LogP contribution in [0.2, 0.25) is 0 Å². The Hall–Kier alpha value is -4.93. The number of amides is 6. The van der Waals surface area contributed by atoms with Gasteiger partial charge in [0.15, 0.2) is 6.04 Å². The smallest absolute Gasteiger partial charge is 0.328 e. The zero-order valence-corrected chi connectivity index (χ0v) is 31.1. The Labute approximate surface area is 322 Å². The number of carboxylic acid groups (broad SMARTS) is 1. The molecule has 21 heteroatoms. The number of β-amino-alcohol motifs (C(OH)–C–C–N with tert-alkyl or cyclic N) is 1. The highest BCUT2D eigenvalue weighted by Crippen LogP contribution is 2.23. The molecule has 21 nitrogen and oxygen atoms in total. The number of hydrogen-bond acceptors (Lipinski definition) is 14. The minimum absolute atomic E-state index is 0.0911. The van der Waals surface area contributed by atoms with E-state index in [9.17, 15) is 64.2 Å². The summed E-state index contributed by atoms with van der Waals surface area (Å²) in [5.74, 6) is -6.70. The molecule has 2 saturated heterocycles. The largest absolute Gasteiger partial charge is 0.508 e. The fourth-order valence-corrected chi connectivity index (χ4v) is 6.56. The SMILES string of the molecule is C[C@@H](O)[C@H](NC(=O)[C@@H]1C[C@@H](O)CN1C(=O)[C@H](Cc1ccc(O)cc1)NC(=O)[C@H](CO)NC(=O)[C@@H]1CCCN1C(=O)[C@H](CCCCN)NC(=O)[C@@H](N)CO)C(=O)O. The van der Waals surface area contributed by atoms with Gasteiger partial charge in [-0.15, -0.1) is 0 Å². The van der Waals surface area contributed by atoms with Gasteiger partial charge in [0.2, 0.25) is 35.4 Å². The second-order valence-corrected chi connectivity index (χ2v) is 14.0. The second-order valence-electron chi connectivity index (χ2n) is 14.0. The van der Waals surface area contributed by atoms with E-state index >= 15 is 0 Å². The lowest BCUT2D eigenvalue weighted by molar-refractivity contribution is -0.147. The molecule has 2 heterocycles. The number of phenols is 1. The maximum Gasteiger partial charge on any atom is 0.328 e. The van der Waals surface area contributed by atoms with Crippen molar-refractivity contribution in [3.8, 4) is 5.75 Å². The highest BCUT2D eigenvalue weighted by Gasteiger charge is 2.44. The summed E-state index contributed by atoms with van der Waals surface area (Å²) in [6.45, 7) is -0.380.